The first-order valence-electron chi connectivity index (χ1n) is 13.6. The highest BCUT2D eigenvalue weighted by Crippen LogP contribution is 2.38. The van der Waals surface area contributed by atoms with E-state index in [-0.39, 0.29) is 18.4 Å². The van der Waals surface area contributed by atoms with Crippen molar-refractivity contribution in [2.24, 2.45) is 0 Å². The zero-order chi connectivity index (χ0) is 33.3. The molecule has 2 aromatic carbocycles. The summed E-state index contributed by atoms with van der Waals surface area (Å²) in [5.41, 5.74) is -4.03. The summed E-state index contributed by atoms with van der Waals surface area (Å²) in [6, 6.07) is 4.42. The van der Waals surface area contributed by atoms with Crippen LogP contribution < -0.4 is 15.0 Å². The van der Waals surface area contributed by atoms with Crippen molar-refractivity contribution < 1.29 is 54.9 Å². The summed E-state index contributed by atoms with van der Waals surface area (Å²) >= 11 is 0. The van der Waals surface area contributed by atoms with Crippen LogP contribution >= 0.6 is 0 Å². The van der Waals surface area contributed by atoms with E-state index in [0.717, 1.165) is 6.07 Å². The molecule has 8 nitrogen and oxygen atoms in total. The van der Waals surface area contributed by atoms with Crippen molar-refractivity contribution in [2.45, 2.75) is 90.6 Å². The largest absolute Gasteiger partial charge is 0.489 e. The number of alkyl carbamates (subject to hydrolysis) is 1. The minimum atomic E-state index is -5.03. The van der Waals surface area contributed by atoms with E-state index in [4.69, 9.17) is 14.2 Å². The van der Waals surface area contributed by atoms with Crippen LogP contribution in [-0.2, 0) is 44.4 Å². The second-order valence-electron chi connectivity index (χ2n) is 12.2. The van der Waals surface area contributed by atoms with Crippen molar-refractivity contribution in [1.29, 1.82) is 0 Å². The number of alkyl halides is 6. The lowest BCUT2D eigenvalue weighted by Crippen LogP contribution is -2.48. The minimum absolute atomic E-state index is 0.0487. The summed E-state index contributed by atoms with van der Waals surface area (Å²) in [6.45, 7) is 9.37. The average Bonchev–Trinajstić information content (AvgIpc) is 3.27. The SMILES string of the molecule is CC(C)(C)OC(=O)NC(CC(=O)N1CCc2cc(OCc3ccc(C(F)(F)F)cc3C(F)(F)F)ccc21)C(=O)OC(C)(C)C. The number of anilines is 1. The number of ether oxygens (including phenoxy) is 3. The topological polar surface area (TPSA) is 94.2 Å². The second-order valence-corrected chi connectivity index (χ2v) is 12.2. The molecule has 1 aliphatic rings. The standard InChI is InChI=1S/C30H34F6N2O6/c1-27(2,3)43-25(40)22(37-26(41)44-28(4,5)6)15-24(39)38-12-11-17-13-20(9-10-23(17)38)42-16-18-7-8-19(29(31,32)33)14-21(18)30(34,35)36/h7-10,13-14,22H,11-12,15-16H2,1-6H3,(H,37,41). The molecule has 3 rings (SSSR count). The Balaban J connectivity index is 1.75. The Morgan fingerprint density at radius 1 is 0.864 bits per heavy atom. The van der Waals surface area contributed by atoms with E-state index in [1.165, 1.54) is 23.1 Å². The molecule has 1 heterocycles. The van der Waals surface area contributed by atoms with E-state index in [9.17, 15) is 40.7 Å². The van der Waals surface area contributed by atoms with Crippen molar-refractivity contribution in [1.82, 2.24) is 5.32 Å². The maximum absolute atomic E-state index is 13.5. The number of carbonyl (C=O) groups is 3. The lowest BCUT2D eigenvalue weighted by atomic mass is 10.0. The molecule has 2 amide bonds. The van der Waals surface area contributed by atoms with Crippen LogP contribution in [0.5, 0.6) is 5.75 Å². The molecule has 0 fully saturated rings. The lowest BCUT2D eigenvalue weighted by Gasteiger charge is -2.27. The van der Waals surface area contributed by atoms with Gasteiger partial charge in [-0.1, -0.05) is 6.07 Å². The summed E-state index contributed by atoms with van der Waals surface area (Å²) in [7, 11) is 0. The number of hydrogen-bond acceptors (Lipinski definition) is 6. The monoisotopic (exact) mass is 632 g/mol. The lowest BCUT2D eigenvalue weighted by molar-refractivity contribution is -0.158. The van der Waals surface area contributed by atoms with Crippen LogP contribution in [0.4, 0.5) is 36.8 Å². The van der Waals surface area contributed by atoms with Crippen molar-refractivity contribution in [3.63, 3.8) is 0 Å². The molecule has 1 atom stereocenters. The van der Waals surface area contributed by atoms with Gasteiger partial charge >= 0.3 is 24.4 Å². The smallest absolute Gasteiger partial charge is 0.416 e. The van der Waals surface area contributed by atoms with Gasteiger partial charge in [-0.15, -0.1) is 0 Å². The number of fused-ring (bicyclic) bond motifs is 1. The fourth-order valence-electron chi connectivity index (χ4n) is 4.33. The predicted octanol–water partition coefficient (Wildman–Crippen LogP) is 6.82. The summed E-state index contributed by atoms with van der Waals surface area (Å²) in [5, 5.41) is 2.40. The van der Waals surface area contributed by atoms with Crippen LogP contribution in [0.1, 0.15) is 70.2 Å². The Bertz CT molecular complexity index is 1390. The predicted molar refractivity (Wildman–Crippen MR) is 147 cm³/mol. The third kappa shape index (κ3) is 9.52. The van der Waals surface area contributed by atoms with Crippen LogP contribution in [0, 0.1) is 0 Å². The molecule has 0 aromatic heterocycles. The number of halogens is 6. The van der Waals surface area contributed by atoms with Crippen LogP contribution in [0.2, 0.25) is 0 Å². The molecule has 14 heteroatoms. The zero-order valence-electron chi connectivity index (χ0n) is 25.0. The molecular weight excluding hydrogens is 598 g/mol. The fourth-order valence-corrected chi connectivity index (χ4v) is 4.33. The number of amides is 2. The third-order valence-electron chi connectivity index (χ3n) is 6.15. The molecule has 44 heavy (non-hydrogen) atoms. The minimum Gasteiger partial charge on any atom is -0.489 e. The number of nitrogens with one attached hydrogen (secondary N) is 1. The Morgan fingerprint density at radius 2 is 1.50 bits per heavy atom. The number of nitrogens with zero attached hydrogens (tertiary/aromatic N) is 1. The maximum Gasteiger partial charge on any atom is 0.416 e. The first kappa shape index (κ1) is 34.5. The quantitative estimate of drug-likeness (QED) is 0.266. The van der Waals surface area contributed by atoms with Crippen LogP contribution in [0.15, 0.2) is 36.4 Å². The summed E-state index contributed by atoms with van der Waals surface area (Å²) in [5.74, 6) is -1.20. The summed E-state index contributed by atoms with van der Waals surface area (Å²) in [4.78, 5) is 39.9. The summed E-state index contributed by atoms with van der Waals surface area (Å²) < 4.78 is 95.4. The van der Waals surface area contributed by atoms with E-state index in [1.54, 1.807) is 41.5 Å². The number of esters is 1. The third-order valence-corrected chi connectivity index (χ3v) is 6.15. The summed E-state index contributed by atoms with van der Waals surface area (Å²) in [6.07, 6.45) is -11.0. The van der Waals surface area contributed by atoms with Gasteiger partial charge in [-0.2, -0.15) is 26.3 Å². The van der Waals surface area contributed by atoms with E-state index in [2.05, 4.69) is 5.32 Å². The van der Waals surface area contributed by atoms with Gasteiger partial charge in [-0.25, -0.2) is 9.59 Å². The van der Waals surface area contributed by atoms with Crippen molar-refractivity contribution in [2.75, 3.05) is 11.4 Å². The van der Waals surface area contributed by atoms with Crippen molar-refractivity contribution >= 4 is 23.7 Å². The molecule has 2 aromatic rings. The molecule has 0 bridgehead atoms. The molecule has 0 spiro atoms. The number of benzene rings is 2. The van der Waals surface area contributed by atoms with Gasteiger partial charge in [0, 0.05) is 17.8 Å². The molecule has 1 unspecified atom stereocenters. The van der Waals surface area contributed by atoms with Gasteiger partial charge in [-0.05, 0) is 83.9 Å². The van der Waals surface area contributed by atoms with Crippen molar-refractivity contribution in [3.05, 3.63) is 58.7 Å². The highest BCUT2D eigenvalue weighted by Gasteiger charge is 2.38. The first-order valence-corrected chi connectivity index (χ1v) is 13.6. The van der Waals surface area contributed by atoms with Crippen molar-refractivity contribution in [3.8, 4) is 5.75 Å². The highest BCUT2D eigenvalue weighted by atomic mass is 19.4. The van der Waals surface area contributed by atoms with Crippen LogP contribution in [0.25, 0.3) is 0 Å². The van der Waals surface area contributed by atoms with Gasteiger partial charge in [0.1, 0.15) is 29.6 Å². The Kier molecular flexibility index (Phi) is 9.86. The van der Waals surface area contributed by atoms with Gasteiger partial charge in [0.2, 0.25) is 5.91 Å². The van der Waals surface area contributed by atoms with Crippen LogP contribution in [-0.4, -0.2) is 41.8 Å². The molecule has 0 saturated heterocycles. The molecule has 1 N–H and O–H groups in total. The number of hydrogen-bond donors (Lipinski definition) is 1. The molecule has 0 aliphatic carbocycles. The van der Waals surface area contributed by atoms with E-state index in [1.807, 2.05) is 0 Å². The van der Waals surface area contributed by atoms with E-state index in [0.29, 0.717) is 23.7 Å². The fraction of sp³-hybridized carbons (Fsp3) is 0.500. The van der Waals surface area contributed by atoms with E-state index < -0.39 is 77.3 Å². The highest BCUT2D eigenvalue weighted by molar-refractivity contribution is 5.98. The average molecular weight is 633 g/mol. The zero-order valence-corrected chi connectivity index (χ0v) is 25.0. The normalized spacial score (nSPS) is 14.5. The maximum atomic E-state index is 13.5. The van der Waals surface area contributed by atoms with Gasteiger partial charge in [0.15, 0.2) is 0 Å². The van der Waals surface area contributed by atoms with Crippen LogP contribution in [0.3, 0.4) is 0 Å². The number of rotatable bonds is 7. The van der Waals surface area contributed by atoms with Gasteiger partial charge in [0.25, 0.3) is 0 Å². The Hall–Kier alpha value is -3.97. The van der Waals surface area contributed by atoms with Gasteiger partial charge < -0.3 is 24.4 Å². The molecule has 242 valence electrons. The molecule has 0 radical (unpaired) electrons. The Labute approximate surface area is 250 Å². The molecule has 0 saturated carbocycles. The number of carbonyl (C=O) groups excluding carboxylic acids is 3. The Morgan fingerprint density at radius 3 is 2.07 bits per heavy atom. The van der Waals surface area contributed by atoms with Gasteiger partial charge in [-0.3, -0.25) is 4.79 Å². The first-order chi connectivity index (χ1) is 20.0. The second kappa shape index (κ2) is 12.6. The van der Waals surface area contributed by atoms with E-state index >= 15 is 0 Å². The van der Waals surface area contributed by atoms with Gasteiger partial charge in [0.05, 0.1) is 17.5 Å². The molecular formula is C30H34F6N2O6. The molecule has 1 aliphatic heterocycles.